The molecule has 0 atom stereocenters. The molecule has 30 heavy (non-hydrogen) atoms. The summed E-state index contributed by atoms with van der Waals surface area (Å²) < 4.78 is 32.2. The second kappa shape index (κ2) is 8.41. The molecular weight excluding hydrogens is 402 g/mol. The average molecular weight is 426 g/mol. The van der Waals surface area contributed by atoms with Gasteiger partial charge in [-0.1, -0.05) is 41.4 Å². The van der Waals surface area contributed by atoms with Crippen LogP contribution in [0.1, 0.15) is 35.3 Å². The Hall–Kier alpha value is -2.97. The molecule has 0 bridgehead atoms. The fourth-order valence-corrected chi connectivity index (χ4v) is 4.91. The van der Waals surface area contributed by atoms with E-state index in [0.717, 1.165) is 30.4 Å². The van der Waals surface area contributed by atoms with E-state index in [1.165, 1.54) is 16.4 Å². The van der Waals surface area contributed by atoms with Gasteiger partial charge in [0.05, 0.1) is 4.90 Å². The van der Waals surface area contributed by atoms with Gasteiger partial charge in [0.1, 0.15) is 0 Å². The van der Waals surface area contributed by atoms with Crippen LogP contribution in [0, 0.1) is 6.92 Å². The van der Waals surface area contributed by atoms with Crippen LogP contribution in [0.4, 0.5) is 5.69 Å². The van der Waals surface area contributed by atoms with Crippen LogP contribution in [0.15, 0.2) is 64.0 Å². The number of nitrogens with one attached hydrogen (secondary N) is 1. The van der Waals surface area contributed by atoms with Gasteiger partial charge in [0.2, 0.25) is 10.0 Å². The molecule has 0 spiro atoms. The van der Waals surface area contributed by atoms with Crippen molar-refractivity contribution in [1.29, 1.82) is 0 Å². The van der Waals surface area contributed by atoms with Gasteiger partial charge in [-0.15, -0.1) is 0 Å². The minimum Gasteiger partial charge on any atom is -0.355 e. The summed E-state index contributed by atoms with van der Waals surface area (Å²) in [6.45, 7) is 3.10. The Morgan fingerprint density at radius 3 is 2.33 bits per heavy atom. The van der Waals surface area contributed by atoms with Crippen molar-refractivity contribution in [3.63, 3.8) is 0 Å². The SMILES string of the molecule is Cc1ccc(-c2cc(C(=O)Nc3ccc(S(=O)(=O)N4CCCCC4)cc3)no2)cc1. The van der Waals surface area contributed by atoms with Crippen LogP contribution >= 0.6 is 0 Å². The van der Waals surface area contributed by atoms with Crippen LogP contribution in [-0.2, 0) is 10.0 Å². The van der Waals surface area contributed by atoms with Crippen LogP contribution < -0.4 is 5.32 Å². The third-order valence-electron chi connectivity index (χ3n) is 5.14. The first-order chi connectivity index (χ1) is 14.4. The number of hydrogen-bond acceptors (Lipinski definition) is 5. The molecule has 1 N–H and O–H groups in total. The minimum atomic E-state index is -3.50. The Labute approximate surface area is 175 Å². The summed E-state index contributed by atoms with van der Waals surface area (Å²) in [6.07, 6.45) is 2.83. The Balaban J connectivity index is 1.44. The van der Waals surface area contributed by atoms with Crippen LogP contribution in [0.25, 0.3) is 11.3 Å². The molecule has 1 aliphatic rings. The van der Waals surface area contributed by atoms with E-state index >= 15 is 0 Å². The van der Waals surface area contributed by atoms with Crippen molar-refractivity contribution in [2.75, 3.05) is 18.4 Å². The smallest absolute Gasteiger partial charge is 0.277 e. The van der Waals surface area contributed by atoms with Gasteiger partial charge in [-0.05, 0) is 44.0 Å². The summed E-state index contributed by atoms with van der Waals surface area (Å²) in [5.74, 6) is 0.0758. The van der Waals surface area contributed by atoms with Crippen molar-refractivity contribution in [3.05, 3.63) is 65.9 Å². The summed E-state index contributed by atoms with van der Waals surface area (Å²) >= 11 is 0. The van der Waals surface area contributed by atoms with E-state index in [0.29, 0.717) is 24.5 Å². The third-order valence-corrected chi connectivity index (χ3v) is 7.06. The van der Waals surface area contributed by atoms with Crippen molar-refractivity contribution in [1.82, 2.24) is 9.46 Å². The lowest BCUT2D eigenvalue weighted by atomic mass is 10.1. The number of aromatic nitrogens is 1. The second-order valence-corrected chi connectivity index (χ2v) is 9.32. The summed E-state index contributed by atoms with van der Waals surface area (Å²) in [5, 5.41) is 6.56. The normalized spacial score (nSPS) is 15.1. The number of nitrogens with zero attached hydrogens (tertiary/aromatic N) is 2. The summed E-state index contributed by atoms with van der Waals surface area (Å²) in [5.41, 5.74) is 2.59. The molecule has 1 aromatic heterocycles. The third kappa shape index (κ3) is 4.29. The molecule has 0 radical (unpaired) electrons. The molecule has 0 unspecified atom stereocenters. The lowest BCUT2D eigenvalue weighted by molar-refractivity contribution is 0.101. The van der Waals surface area contributed by atoms with Crippen LogP contribution in [0.3, 0.4) is 0 Å². The molecule has 1 aliphatic heterocycles. The van der Waals surface area contributed by atoms with Crippen LogP contribution in [0.2, 0.25) is 0 Å². The summed E-state index contributed by atoms with van der Waals surface area (Å²) in [4.78, 5) is 12.7. The van der Waals surface area contributed by atoms with E-state index in [2.05, 4.69) is 10.5 Å². The molecule has 0 aliphatic carbocycles. The number of aryl methyl sites for hydroxylation is 1. The van der Waals surface area contributed by atoms with Crippen LogP contribution in [0.5, 0.6) is 0 Å². The maximum Gasteiger partial charge on any atom is 0.277 e. The maximum atomic E-state index is 12.7. The number of carbonyl (C=O) groups is 1. The molecule has 8 heteroatoms. The Morgan fingerprint density at radius 1 is 1.00 bits per heavy atom. The lowest BCUT2D eigenvalue weighted by Gasteiger charge is -2.25. The first-order valence-electron chi connectivity index (χ1n) is 9.89. The quantitative estimate of drug-likeness (QED) is 0.665. The number of piperidine rings is 1. The minimum absolute atomic E-state index is 0.149. The van der Waals surface area contributed by atoms with Crippen molar-refractivity contribution < 1.29 is 17.7 Å². The van der Waals surface area contributed by atoms with E-state index in [9.17, 15) is 13.2 Å². The highest BCUT2D eigenvalue weighted by Gasteiger charge is 2.25. The van der Waals surface area contributed by atoms with E-state index in [1.54, 1.807) is 18.2 Å². The monoisotopic (exact) mass is 425 g/mol. The molecule has 2 heterocycles. The lowest BCUT2D eigenvalue weighted by Crippen LogP contribution is -2.35. The highest BCUT2D eigenvalue weighted by atomic mass is 32.2. The van der Waals surface area contributed by atoms with Gasteiger partial charge in [-0.3, -0.25) is 4.79 Å². The van der Waals surface area contributed by atoms with Crippen molar-refractivity contribution in [3.8, 4) is 11.3 Å². The van der Waals surface area contributed by atoms with E-state index in [1.807, 2.05) is 31.2 Å². The molecule has 1 amide bonds. The van der Waals surface area contributed by atoms with Gasteiger partial charge >= 0.3 is 0 Å². The molecule has 0 saturated carbocycles. The topological polar surface area (TPSA) is 92.5 Å². The maximum absolute atomic E-state index is 12.7. The number of sulfonamides is 1. The number of hydrogen-bond donors (Lipinski definition) is 1. The van der Waals surface area contributed by atoms with Gasteiger partial charge in [0.15, 0.2) is 11.5 Å². The Morgan fingerprint density at radius 2 is 1.67 bits per heavy atom. The predicted octanol–water partition coefficient (Wildman–Crippen LogP) is 4.08. The Kier molecular flexibility index (Phi) is 5.69. The van der Waals surface area contributed by atoms with Crippen molar-refractivity contribution in [2.24, 2.45) is 0 Å². The number of amides is 1. The number of rotatable bonds is 5. The van der Waals surface area contributed by atoms with Crippen molar-refractivity contribution in [2.45, 2.75) is 31.1 Å². The second-order valence-electron chi connectivity index (χ2n) is 7.39. The van der Waals surface area contributed by atoms with Crippen molar-refractivity contribution >= 4 is 21.6 Å². The number of carbonyl (C=O) groups excluding carboxylic acids is 1. The van der Waals surface area contributed by atoms with Gasteiger partial charge in [-0.2, -0.15) is 4.31 Å². The zero-order chi connectivity index (χ0) is 21.1. The fourth-order valence-electron chi connectivity index (χ4n) is 3.40. The number of benzene rings is 2. The summed E-state index contributed by atoms with van der Waals surface area (Å²) in [6, 6.07) is 15.5. The molecule has 1 saturated heterocycles. The largest absolute Gasteiger partial charge is 0.355 e. The van der Waals surface area contributed by atoms with Gasteiger partial charge in [0, 0.05) is 30.4 Å². The Bertz CT molecular complexity index is 1130. The first-order valence-corrected chi connectivity index (χ1v) is 11.3. The van der Waals surface area contributed by atoms with Crippen LogP contribution in [-0.4, -0.2) is 36.9 Å². The molecule has 3 aromatic rings. The number of anilines is 1. The molecule has 156 valence electrons. The van der Waals surface area contributed by atoms with E-state index < -0.39 is 15.9 Å². The molecule has 1 fully saturated rings. The fraction of sp³-hybridized carbons (Fsp3) is 0.273. The highest BCUT2D eigenvalue weighted by molar-refractivity contribution is 7.89. The summed E-state index contributed by atoms with van der Waals surface area (Å²) in [7, 11) is -3.50. The van der Waals surface area contributed by atoms with Gasteiger partial charge in [0.25, 0.3) is 5.91 Å². The molecular formula is C22H23N3O4S. The van der Waals surface area contributed by atoms with Gasteiger partial charge < -0.3 is 9.84 Å². The van der Waals surface area contributed by atoms with Gasteiger partial charge in [-0.25, -0.2) is 8.42 Å². The zero-order valence-electron chi connectivity index (χ0n) is 16.7. The average Bonchev–Trinajstić information content (AvgIpc) is 3.26. The first kappa shape index (κ1) is 20.3. The predicted molar refractivity (Wildman–Crippen MR) is 114 cm³/mol. The molecule has 2 aromatic carbocycles. The highest BCUT2D eigenvalue weighted by Crippen LogP contribution is 2.23. The molecule has 7 nitrogen and oxygen atoms in total. The molecule has 4 rings (SSSR count). The van der Waals surface area contributed by atoms with E-state index in [4.69, 9.17) is 4.52 Å². The zero-order valence-corrected chi connectivity index (χ0v) is 17.5. The standard InChI is InChI=1S/C22H23N3O4S/c1-16-5-7-17(8-6-16)21-15-20(24-29-21)22(26)23-18-9-11-19(12-10-18)30(27,28)25-13-3-2-4-14-25/h5-12,15H,2-4,13-14H2,1H3,(H,23,26). The van der Waals surface area contributed by atoms with E-state index in [-0.39, 0.29) is 10.6 Å².